The molecule has 0 saturated heterocycles. The lowest BCUT2D eigenvalue weighted by molar-refractivity contribution is 0.419. The van der Waals surface area contributed by atoms with E-state index in [9.17, 15) is 0 Å². The van der Waals surface area contributed by atoms with E-state index in [1.165, 1.54) is 5.56 Å². The lowest BCUT2D eigenvalue weighted by atomic mass is 10.1. The Hall–Kier alpha value is -1.19. The molecule has 2 rings (SSSR count). The largest absolute Gasteiger partial charge is 0.496 e. The van der Waals surface area contributed by atoms with E-state index >= 15 is 0 Å². The number of hydrogen-bond donors (Lipinski definition) is 1. The third kappa shape index (κ3) is 1.66. The molecular weight excluding hydrogens is 224 g/mol. The van der Waals surface area contributed by atoms with Gasteiger partial charge in [0.15, 0.2) is 0 Å². The van der Waals surface area contributed by atoms with E-state index in [0.29, 0.717) is 6.54 Å². The molecule has 0 unspecified atom stereocenters. The molecular formula is C12H15ClN2O. The molecule has 1 aromatic carbocycles. The Morgan fingerprint density at radius 2 is 2.19 bits per heavy atom. The number of methoxy groups -OCH3 is 1. The van der Waals surface area contributed by atoms with Gasteiger partial charge in [-0.2, -0.15) is 0 Å². The van der Waals surface area contributed by atoms with Crippen molar-refractivity contribution in [1.29, 1.82) is 0 Å². The summed E-state index contributed by atoms with van der Waals surface area (Å²) in [5.74, 6) is 0.850. The van der Waals surface area contributed by atoms with Crippen LogP contribution < -0.4 is 10.5 Å². The van der Waals surface area contributed by atoms with Crippen LogP contribution in [0.25, 0.3) is 10.9 Å². The number of aryl methyl sites for hydroxylation is 1. The maximum Gasteiger partial charge on any atom is 0.128 e. The lowest BCUT2D eigenvalue weighted by Crippen LogP contribution is -2.02. The number of hydrogen-bond acceptors (Lipinski definition) is 2. The highest BCUT2D eigenvalue weighted by molar-refractivity contribution is 6.35. The predicted molar refractivity (Wildman–Crippen MR) is 67.2 cm³/mol. The second-order valence-electron chi connectivity index (χ2n) is 3.78. The van der Waals surface area contributed by atoms with E-state index < -0.39 is 0 Å². The fourth-order valence-electron chi connectivity index (χ4n) is 2.08. The van der Waals surface area contributed by atoms with Gasteiger partial charge in [0.2, 0.25) is 0 Å². The van der Waals surface area contributed by atoms with Crippen molar-refractivity contribution in [3.63, 3.8) is 0 Å². The first kappa shape index (κ1) is 11.3. The average molecular weight is 239 g/mol. The lowest BCUT2D eigenvalue weighted by Gasteiger charge is -2.06. The molecule has 0 bridgehead atoms. The maximum atomic E-state index is 6.20. The van der Waals surface area contributed by atoms with Gasteiger partial charge in [-0.3, -0.25) is 0 Å². The summed E-state index contributed by atoms with van der Waals surface area (Å²) in [7, 11) is 3.65. The van der Waals surface area contributed by atoms with Crippen LogP contribution in [-0.2, 0) is 13.5 Å². The Labute approximate surface area is 99.7 Å². The standard InChI is InChI=1S/C12H15ClN2O/c1-15-7-8(5-6-14)11-10(16-2)4-3-9(13)12(11)15/h3-4,7H,5-6,14H2,1-2H3. The molecule has 0 amide bonds. The molecule has 0 radical (unpaired) electrons. The summed E-state index contributed by atoms with van der Waals surface area (Å²) in [5, 5.41) is 1.81. The Bertz CT molecular complexity index is 519. The fourth-order valence-corrected chi connectivity index (χ4v) is 2.37. The second kappa shape index (κ2) is 4.36. The monoisotopic (exact) mass is 238 g/mol. The first-order valence-electron chi connectivity index (χ1n) is 5.19. The van der Waals surface area contributed by atoms with Crippen molar-refractivity contribution >= 4 is 22.5 Å². The Morgan fingerprint density at radius 3 is 2.81 bits per heavy atom. The Balaban J connectivity index is 2.78. The number of rotatable bonds is 3. The Kier molecular flexibility index (Phi) is 3.08. The summed E-state index contributed by atoms with van der Waals surface area (Å²) >= 11 is 6.20. The van der Waals surface area contributed by atoms with Crippen molar-refractivity contribution in [2.45, 2.75) is 6.42 Å². The van der Waals surface area contributed by atoms with E-state index in [4.69, 9.17) is 22.1 Å². The molecule has 0 aliphatic carbocycles. The quantitative estimate of drug-likeness (QED) is 0.892. The molecule has 16 heavy (non-hydrogen) atoms. The number of nitrogens with two attached hydrogens (primary N) is 1. The molecule has 1 heterocycles. The van der Waals surface area contributed by atoms with E-state index in [2.05, 4.69) is 6.20 Å². The first-order valence-corrected chi connectivity index (χ1v) is 5.57. The van der Waals surface area contributed by atoms with Crippen LogP contribution in [0, 0.1) is 0 Å². The van der Waals surface area contributed by atoms with Gasteiger partial charge in [0.25, 0.3) is 0 Å². The van der Waals surface area contributed by atoms with Gasteiger partial charge >= 0.3 is 0 Å². The summed E-state index contributed by atoms with van der Waals surface area (Å²) in [6.45, 7) is 0.620. The zero-order valence-electron chi connectivity index (χ0n) is 9.46. The number of halogens is 1. The van der Waals surface area contributed by atoms with Crippen LogP contribution >= 0.6 is 11.6 Å². The number of fused-ring (bicyclic) bond motifs is 1. The van der Waals surface area contributed by atoms with Crippen LogP contribution in [-0.4, -0.2) is 18.2 Å². The molecule has 0 atom stereocenters. The number of aromatic nitrogens is 1. The van der Waals surface area contributed by atoms with E-state index in [1.54, 1.807) is 7.11 Å². The summed E-state index contributed by atoms with van der Waals surface area (Å²) < 4.78 is 7.39. The highest BCUT2D eigenvalue weighted by Gasteiger charge is 2.13. The normalized spacial score (nSPS) is 11.0. The summed E-state index contributed by atoms with van der Waals surface area (Å²) in [4.78, 5) is 0. The van der Waals surface area contributed by atoms with E-state index in [0.717, 1.165) is 28.1 Å². The SMILES string of the molecule is COc1ccc(Cl)c2c1c(CCN)cn2C. The number of benzene rings is 1. The van der Waals surface area contributed by atoms with Crippen LogP contribution in [0.2, 0.25) is 5.02 Å². The third-order valence-electron chi connectivity index (χ3n) is 2.75. The third-order valence-corrected chi connectivity index (χ3v) is 3.05. The highest BCUT2D eigenvalue weighted by Crippen LogP contribution is 2.35. The van der Waals surface area contributed by atoms with Crippen LogP contribution in [0.4, 0.5) is 0 Å². The summed E-state index contributed by atoms with van der Waals surface area (Å²) in [6, 6.07) is 3.75. The molecule has 0 saturated carbocycles. The van der Waals surface area contributed by atoms with Crippen molar-refractivity contribution in [3.8, 4) is 5.75 Å². The molecule has 4 heteroatoms. The van der Waals surface area contributed by atoms with Crippen molar-refractivity contribution in [1.82, 2.24) is 4.57 Å². The minimum Gasteiger partial charge on any atom is -0.496 e. The molecule has 1 aromatic heterocycles. The number of nitrogens with zero attached hydrogens (tertiary/aromatic N) is 1. The first-order chi connectivity index (χ1) is 7.69. The molecule has 0 spiro atoms. The predicted octanol–water partition coefficient (Wildman–Crippen LogP) is 2.34. The van der Waals surface area contributed by atoms with Gasteiger partial charge in [0, 0.05) is 18.6 Å². The van der Waals surface area contributed by atoms with Gasteiger partial charge in [-0.1, -0.05) is 11.6 Å². The molecule has 86 valence electrons. The highest BCUT2D eigenvalue weighted by atomic mass is 35.5. The summed E-state index contributed by atoms with van der Waals surface area (Å²) in [5.41, 5.74) is 7.79. The minimum atomic E-state index is 0.620. The molecule has 0 aliphatic rings. The minimum absolute atomic E-state index is 0.620. The van der Waals surface area contributed by atoms with Crippen molar-refractivity contribution < 1.29 is 4.74 Å². The van der Waals surface area contributed by atoms with Crippen LogP contribution in [0.3, 0.4) is 0 Å². The molecule has 2 aromatic rings. The zero-order chi connectivity index (χ0) is 11.7. The van der Waals surface area contributed by atoms with Crippen LogP contribution in [0.15, 0.2) is 18.3 Å². The fraction of sp³-hybridized carbons (Fsp3) is 0.333. The van der Waals surface area contributed by atoms with Gasteiger partial charge in [-0.05, 0) is 30.7 Å². The van der Waals surface area contributed by atoms with Crippen LogP contribution in [0.5, 0.6) is 5.75 Å². The van der Waals surface area contributed by atoms with Crippen molar-refractivity contribution in [2.24, 2.45) is 12.8 Å². The Morgan fingerprint density at radius 1 is 1.44 bits per heavy atom. The molecule has 3 nitrogen and oxygen atoms in total. The molecule has 2 N–H and O–H groups in total. The van der Waals surface area contributed by atoms with Gasteiger partial charge in [-0.25, -0.2) is 0 Å². The van der Waals surface area contributed by atoms with Crippen molar-refractivity contribution in [3.05, 3.63) is 28.9 Å². The zero-order valence-corrected chi connectivity index (χ0v) is 10.2. The number of ether oxygens (including phenoxy) is 1. The van der Waals surface area contributed by atoms with E-state index in [-0.39, 0.29) is 0 Å². The van der Waals surface area contributed by atoms with Crippen LogP contribution in [0.1, 0.15) is 5.56 Å². The molecule has 0 aliphatic heterocycles. The maximum absolute atomic E-state index is 6.20. The topological polar surface area (TPSA) is 40.2 Å². The van der Waals surface area contributed by atoms with Gasteiger partial charge in [-0.15, -0.1) is 0 Å². The molecule has 0 fully saturated rings. The van der Waals surface area contributed by atoms with Crippen molar-refractivity contribution in [2.75, 3.05) is 13.7 Å². The summed E-state index contributed by atoms with van der Waals surface area (Å²) in [6.07, 6.45) is 2.89. The van der Waals surface area contributed by atoms with E-state index in [1.807, 2.05) is 23.7 Å². The average Bonchev–Trinajstić information content (AvgIpc) is 2.59. The van der Waals surface area contributed by atoms with Gasteiger partial charge in [0.1, 0.15) is 5.75 Å². The van der Waals surface area contributed by atoms with Gasteiger partial charge < -0.3 is 15.0 Å². The van der Waals surface area contributed by atoms with Gasteiger partial charge in [0.05, 0.1) is 17.6 Å². The second-order valence-corrected chi connectivity index (χ2v) is 4.18. The smallest absolute Gasteiger partial charge is 0.128 e.